The lowest BCUT2D eigenvalue weighted by atomic mass is 10.1. The average molecular weight is 551 g/mol. The highest BCUT2D eigenvalue weighted by Crippen LogP contribution is 2.08. The molecule has 0 bridgehead atoms. The topological polar surface area (TPSA) is 68.1 Å². The second kappa shape index (κ2) is 46.1. The van der Waals surface area contributed by atoms with Crippen LogP contribution in [0.3, 0.4) is 0 Å². The van der Waals surface area contributed by atoms with E-state index in [1.54, 1.807) is 0 Å². The van der Waals surface area contributed by atoms with E-state index < -0.39 is 0 Å². The largest absolute Gasteiger partial charge is 0.340 e. The van der Waals surface area contributed by atoms with Crippen molar-refractivity contribution in [2.75, 3.05) is 87.1 Å². The lowest BCUT2D eigenvalue weighted by Gasteiger charge is -2.19. The van der Waals surface area contributed by atoms with Gasteiger partial charge in [-0.1, -0.05) is 89.5 Å². The van der Waals surface area contributed by atoms with Gasteiger partial charge in [0.05, 0.1) is 6.54 Å². The predicted octanol–water partition coefficient (Wildman–Crippen LogP) is 5.89. The second-order valence-corrected chi connectivity index (χ2v) is 7.97. The van der Waals surface area contributed by atoms with Gasteiger partial charge in [0.1, 0.15) is 0 Å². The number of nitrogens with one attached hydrogen (secondary N) is 1. The van der Waals surface area contributed by atoms with E-state index in [-0.39, 0.29) is 12.5 Å². The maximum Gasteiger partial charge on any atom is 0.236 e. The van der Waals surface area contributed by atoms with Gasteiger partial charge in [0, 0.05) is 32.2 Å². The van der Waals surface area contributed by atoms with E-state index in [1.165, 1.54) is 32.4 Å². The molecular weight excluding hydrogens is 472 g/mol. The zero-order valence-electron chi connectivity index (χ0n) is 29.5. The molecule has 7 nitrogen and oxygen atoms in total. The van der Waals surface area contributed by atoms with Crippen LogP contribution in [-0.2, 0) is 4.79 Å². The van der Waals surface area contributed by atoms with Gasteiger partial charge in [-0.05, 0) is 73.6 Å². The number of hydrogen-bond acceptors (Lipinski definition) is 6. The first-order chi connectivity index (χ1) is 18.4. The third-order valence-electron chi connectivity index (χ3n) is 5.61. The summed E-state index contributed by atoms with van der Waals surface area (Å²) in [5.41, 5.74) is 5.28. The highest BCUT2D eigenvalue weighted by atomic mass is 16.2. The molecule has 2 fully saturated rings. The molecule has 2 rings (SSSR count). The molecule has 0 radical (unpaired) electrons. The van der Waals surface area contributed by atoms with Crippen molar-refractivity contribution in [2.24, 2.45) is 5.73 Å². The van der Waals surface area contributed by atoms with Gasteiger partial charge in [0.2, 0.25) is 5.91 Å². The molecule has 0 saturated carbocycles. The molecule has 0 aromatic heterocycles. The molecule has 0 aromatic carbocycles. The second-order valence-electron chi connectivity index (χ2n) is 7.97. The number of carbonyl (C=O) groups is 1. The van der Waals surface area contributed by atoms with Crippen LogP contribution in [-0.4, -0.2) is 119 Å². The molecule has 2 saturated heterocycles. The van der Waals surface area contributed by atoms with Crippen LogP contribution in [0.4, 0.5) is 0 Å². The number of nitrogens with two attached hydrogens (primary N) is 1. The Labute approximate surface area is 243 Å². The van der Waals surface area contributed by atoms with Crippen molar-refractivity contribution in [2.45, 2.75) is 115 Å². The van der Waals surface area contributed by atoms with Crippen LogP contribution in [0, 0.1) is 0 Å². The van der Waals surface area contributed by atoms with Gasteiger partial charge >= 0.3 is 0 Å². The van der Waals surface area contributed by atoms with Crippen LogP contribution in [0.1, 0.15) is 109 Å². The highest BCUT2D eigenvalue weighted by Gasteiger charge is 2.15. The molecule has 0 aromatic rings. The first-order valence-corrected chi connectivity index (χ1v) is 16.1. The highest BCUT2D eigenvalue weighted by molar-refractivity contribution is 5.78. The molecule has 2 aliphatic heterocycles. The summed E-state index contributed by atoms with van der Waals surface area (Å²) in [6, 6.07) is 0.729. The van der Waals surface area contributed by atoms with Gasteiger partial charge in [0.15, 0.2) is 0 Å². The van der Waals surface area contributed by atoms with Crippen molar-refractivity contribution < 1.29 is 4.79 Å². The Balaban J connectivity index is -0.0000000891. The van der Waals surface area contributed by atoms with E-state index in [0.717, 1.165) is 51.7 Å². The predicted molar refractivity (Wildman–Crippen MR) is 178 cm³/mol. The molecule has 1 atom stereocenters. The summed E-state index contributed by atoms with van der Waals surface area (Å²) in [5, 5.41) is 3.33. The Morgan fingerprint density at radius 1 is 0.763 bits per heavy atom. The summed E-state index contributed by atoms with van der Waals surface area (Å²) in [6.07, 6.45) is 5.16. The van der Waals surface area contributed by atoms with E-state index in [4.69, 9.17) is 5.73 Å². The molecule has 238 valence electrons. The van der Waals surface area contributed by atoms with E-state index >= 15 is 0 Å². The summed E-state index contributed by atoms with van der Waals surface area (Å²) in [5.74, 6) is 0.0744. The van der Waals surface area contributed by atoms with Gasteiger partial charge in [0.25, 0.3) is 0 Å². The molecule has 2 aliphatic rings. The lowest BCUT2D eigenvalue weighted by molar-refractivity contribution is -0.129. The Hall–Kier alpha value is -0.730. The number of hydrogen-bond donors (Lipinski definition) is 2. The fourth-order valence-corrected chi connectivity index (χ4v) is 3.22. The van der Waals surface area contributed by atoms with Crippen LogP contribution < -0.4 is 11.1 Å². The number of amides is 1. The molecule has 0 spiro atoms. The van der Waals surface area contributed by atoms with Gasteiger partial charge in [-0.25, -0.2) is 0 Å². The molecule has 1 unspecified atom stereocenters. The molecule has 3 N–H and O–H groups in total. The third-order valence-corrected chi connectivity index (χ3v) is 5.61. The van der Waals surface area contributed by atoms with Crippen LogP contribution in [0.25, 0.3) is 0 Å². The first-order valence-electron chi connectivity index (χ1n) is 16.1. The van der Waals surface area contributed by atoms with Crippen molar-refractivity contribution in [1.82, 2.24) is 24.9 Å². The van der Waals surface area contributed by atoms with E-state index in [2.05, 4.69) is 62.1 Å². The van der Waals surface area contributed by atoms with Crippen LogP contribution in [0.5, 0.6) is 0 Å². The number of likely N-dealkylation sites (tertiary alicyclic amines) is 1. The zero-order chi connectivity index (χ0) is 31.4. The van der Waals surface area contributed by atoms with Gasteiger partial charge in [-0.3, -0.25) is 4.79 Å². The van der Waals surface area contributed by atoms with Crippen molar-refractivity contribution in [3.63, 3.8) is 0 Å². The Bertz CT molecular complexity index is 381. The minimum Gasteiger partial charge on any atom is -0.340 e. The average Bonchev–Trinajstić information content (AvgIpc) is 3.37. The summed E-state index contributed by atoms with van der Waals surface area (Å²) < 4.78 is 0. The molecule has 7 heteroatoms. The Morgan fingerprint density at radius 3 is 1.63 bits per heavy atom. The minimum atomic E-state index is 0.0744. The minimum absolute atomic E-state index is 0.0744. The molecule has 38 heavy (non-hydrogen) atoms. The summed E-state index contributed by atoms with van der Waals surface area (Å²) in [7, 11) is 8.45. The van der Waals surface area contributed by atoms with Crippen LogP contribution in [0.2, 0.25) is 0 Å². The SMILES string of the molecule is CC.CC.CC.CC.CC.CCN(C)CC.CN1CCCN(C(=O)CN)CC1.CNC1CCCCN(C)C1. The summed E-state index contributed by atoms with van der Waals surface area (Å²) >= 11 is 0. The molecule has 1 amide bonds. The van der Waals surface area contributed by atoms with Gasteiger partial charge in [-0.2, -0.15) is 0 Å². The smallest absolute Gasteiger partial charge is 0.236 e. The van der Waals surface area contributed by atoms with Gasteiger partial charge in [-0.15, -0.1) is 0 Å². The molecular formula is C31H78N6O. The number of nitrogens with zero attached hydrogens (tertiary/aromatic N) is 4. The maximum atomic E-state index is 11.2. The molecule has 2 heterocycles. The summed E-state index contributed by atoms with van der Waals surface area (Å²) in [6.45, 7) is 33.0. The van der Waals surface area contributed by atoms with Crippen molar-refractivity contribution in [3.05, 3.63) is 0 Å². The quantitative estimate of drug-likeness (QED) is 0.455. The standard InChI is InChI=1S/C8H17N3O.C8H18N2.C5H13N.5C2H6/c1-10-3-2-4-11(6-5-10)8(12)7-9;1-9-8-5-3-4-6-10(2)7-8;1-4-6(3)5-2;5*1-2/h2-7,9H2,1H3;8-9H,3-7H2,1-2H3;4-5H2,1-3H3;5*1-2H3. The number of rotatable bonds is 4. The monoisotopic (exact) mass is 551 g/mol. The van der Waals surface area contributed by atoms with Crippen molar-refractivity contribution in [3.8, 4) is 0 Å². The number of carbonyl (C=O) groups excluding carboxylic acids is 1. The molecule has 0 aliphatic carbocycles. The van der Waals surface area contributed by atoms with Gasteiger partial charge < -0.3 is 30.7 Å². The lowest BCUT2D eigenvalue weighted by Crippen LogP contribution is -2.38. The van der Waals surface area contributed by atoms with E-state index in [1.807, 2.05) is 74.1 Å². The van der Waals surface area contributed by atoms with E-state index in [0.29, 0.717) is 0 Å². The third kappa shape index (κ3) is 37.4. The fraction of sp³-hybridized carbons (Fsp3) is 0.968. The number of likely N-dealkylation sites (N-methyl/N-ethyl adjacent to an activating group) is 3. The van der Waals surface area contributed by atoms with Crippen molar-refractivity contribution >= 4 is 5.91 Å². The van der Waals surface area contributed by atoms with E-state index in [9.17, 15) is 4.79 Å². The zero-order valence-corrected chi connectivity index (χ0v) is 29.5. The summed E-state index contributed by atoms with van der Waals surface area (Å²) in [4.78, 5) is 20.0. The first kappa shape index (κ1) is 50.1. The fourth-order valence-electron chi connectivity index (χ4n) is 3.22. The normalized spacial score (nSPS) is 16.8. The van der Waals surface area contributed by atoms with Crippen molar-refractivity contribution in [1.29, 1.82) is 0 Å². The maximum absolute atomic E-state index is 11.2. The Morgan fingerprint density at radius 2 is 1.24 bits per heavy atom. The Kier molecular flexibility index (Phi) is 60.9. The van der Waals surface area contributed by atoms with Crippen LogP contribution >= 0.6 is 0 Å². The van der Waals surface area contributed by atoms with Crippen LogP contribution in [0.15, 0.2) is 0 Å².